The van der Waals surface area contributed by atoms with Gasteiger partial charge in [-0.3, -0.25) is 9.10 Å². The fraction of sp³-hybridized carbons (Fsp3) is 0.235. The second kappa shape index (κ2) is 8.21. The van der Waals surface area contributed by atoms with Gasteiger partial charge >= 0.3 is 0 Å². The Bertz CT molecular complexity index is 874. The van der Waals surface area contributed by atoms with Crippen LogP contribution in [0.2, 0.25) is 5.02 Å². The summed E-state index contributed by atoms with van der Waals surface area (Å²) in [5.41, 5.74) is 0.926. The van der Waals surface area contributed by atoms with Crippen LogP contribution in [0.1, 0.15) is 13.3 Å². The molecule has 2 rings (SSSR count). The number of halogens is 2. The van der Waals surface area contributed by atoms with Crippen LogP contribution in [0.3, 0.4) is 0 Å². The third-order valence-corrected chi connectivity index (χ3v) is 5.63. The van der Waals surface area contributed by atoms with E-state index in [1.54, 1.807) is 43.3 Å². The molecule has 0 bridgehead atoms. The molecule has 0 radical (unpaired) electrons. The topological polar surface area (TPSA) is 66.5 Å². The molecule has 0 aliphatic heterocycles. The smallest absolute Gasteiger partial charge is 0.248 e. The average Bonchev–Trinajstić information content (AvgIpc) is 2.53. The third kappa shape index (κ3) is 4.96. The molecule has 0 heterocycles. The van der Waals surface area contributed by atoms with Gasteiger partial charge in [0.25, 0.3) is 0 Å². The minimum absolute atomic E-state index is 0.301. The van der Waals surface area contributed by atoms with E-state index in [-0.39, 0.29) is 0 Å². The standard InChI is InChI=1S/C17H18BrClN2O3S/c1-3-16(17(22)20-15-10-5-4-9-14(15)18)21(25(2,23)24)13-8-6-7-12(19)11-13/h4-11,16H,3H2,1-2H3,(H,20,22). The lowest BCUT2D eigenvalue weighted by atomic mass is 10.2. The summed E-state index contributed by atoms with van der Waals surface area (Å²) in [6.45, 7) is 1.76. The monoisotopic (exact) mass is 444 g/mol. The molecule has 134 valence electrons. The Morgan fingerprint density at radius 3 is 2.48 bits per heavy atom. The second-order valence-electron chi connectivity index (χ2n) is 5.43. The lowest BCUT2D eigenvalue weighted by molar-refractivity contribution is -0.117. The van der Waals surface area contributed by atoms with E-state index in [4.69, 9.17) is 11.6 Å². The van der Waals surface area contributed by atoms with Crippen molar-refractivity contribution < 1.29 is 13.2 Å². The maximum absolute atomic E-state index is 12.8. The Morgan fingerprint density at radius 2 is 1.92 bits per heavy atom. The highest BCUT2D eigenvalue weighted by Crippen LogP contribution is 2.27. The van der Waals surface area contributed by atoms with Crippen molar-refractivity contribution in [3.8, 4) is 0 Å². The maximum atomic E-state index is 12.8. The lowest BCUT2D eigenvalue weighted by Gasteiger charge is -2.30. The molecule has 2 aromatic rings. The first kappa shape index (κ1) is 19.8. The number of carbonyl (C=O) groups excluding carboxylic acids is 1. The summed E-state index contributed by atoms with van der Waals surface area (Å²) < 4.78 is 26.5. The number of benzene rings is 2. The fourth-order valence-electron chi connectivity index (χ4n) is 2.45. The first-order chi connectivity index (χ1) is 11.7. The second-order valence-corrected chi connectivity index (χ2v) is 8.58. The van der Waals surface area contributed by atoms with Crippen molar-refractivity contribution in [1.29, 1.82) is 0 Å². The van der Waals surface area contributed by atoms with Crippen molar-refractivity contribution in [2.45, 2.75) is 19.4 Å². The minimum Gasteiger partial charge on any atom is -0.323 e. The molecule has 0 saturated carbocycles. The molecule has 1 atom stereocenters. The lowest BCUT2D eigenvalue weighted by Crippen LogP contribution is -2.47. The van der Waals surface area contributed by atoms with Gasteiger partial charge in [0.2, 0.25) is 15.9 Å². The van der Waals surface area contributed by atoms with Gasteiger partial charge in [0.15, 0.2) is 0 Å². The SMILES string of the molecule is CCC(C(=O)Nc1ccccc1Br)N(c1cccc(Cl)c1)S(C)(=O)=O. The number of hydrogen-bond acceptors (Lipinski definition) is 3. The molecule has 0 saturated heterocycles. The molecule has 0 fully saturated rings. The number of nitrogens with one attached hydrogen (secondary N) is 1. The van der Waals surface area contributed by atoms with Crippen molar-refractivity contribution in [3.05, 3.63) is 58.0 Å². The van der Waals surface area contributed by atoms with Crippen LogP contribution in [-0.2, 0) is 14.8 Å². The first-order valence-corrected chi connectivity index (χ1v) is 10.6. The van der Waals surface area contributed by atoms with Crippen molar-refractivity contribution in [3.63, 3.8) is 0 Å². The number of anilines is 2. The summed E-state index contributed by atoms with van der Waals surface area (Å²) in [6.07, 6.45) is 1.37. The molecule has 1 unspecified atom stereocenters. The zero-order valence-electron chi connectivity index (χ0n) is 13.7. The summed E-state index contributed by atoms with van der Waals surface area (Å²) in [5, 5.41) is 3.17. The predicted octanol–water partition coefficient (Wildman–Crippen LogP) is 4.29. The molecule has 0 spiro atoms. The summed E-state index contributed by atoms with van der Waals surface area (Å²) in [7, 11) is -3.69. The normalized spacial score (nSPS) is 12.5. The quantitative estimate of drug-likeness (QED) is 0.721. The Labute approximate surface area is 161 Å². The molecular formula is C17H18BrClN2O3S. The van der Waals surface area contributed by atoms with Gasteiger partial charge in [0.1, 0.15) is 6.04 Å². The molecule has 0 aliphatic rings. The summed E-state index contributed by atoms with van der Waals surface area (Å²) >= 11 is 9.35. The number of hydrogen-bond donors (Lipinski definition) is 1. The molecule has 2 aromatic carbocycles. The van der Waals surface area contributed by atoms with Gasteiger partial charge in [0, 0.05) is 9.50 Å². The van der Waals surface area contributed by atoms with E-state index in [1.165, 1.54) is 6.07 Å². The van der Waals surface area contributed by atoms with Crippen molar-refractivity contribution in [2.75, 3.05) is 15.9 Å². The molecule has 0 aromatic heterocycles. The maximum Gasteiger partial charge on any atom is 0.248 e. The largest absolute Gasteiger partial charge is 0.323 e. The molecule has 0 aliphatic carbocycles. The van der Waals surface area contributed by atoms with Crippen LogP contribution in [0.15, 0.2) is 53.0 Å². The predicted molar refractivity (Wildman–Crippen MR) is 106 cm³/mol. The highest BCUT2D eigenvalue weighted by Gasteiger charge is 2.31. The molecule has 5 nitrogen and oxygen atoms in total. The van der Waals surface area contributed by atoms with Crippen LogP contribution in [0, 0.1) is 0 Å². The number of sulfonamides is 1. The van der Waals surface area contributed by atoms with Gasteiger partial charge in [-0.1, -0.05) is 36.7 Å². The van der Waals surface area contributed by atoms with E-state index in [1.807, 2.05) is 6.07 Å². The highest BCUT2D eigenvalue weighted by atomic mass is 79.9. The van der Waals surface area contributed by atoms with Crippen LogP contribution in [-0.4, -0.2) is 26.6 Å². The summed E-state index contributed by atoms with van der Waals surface area (Å²) in [4.78, 5) is 12.8. The van der Waals surface area contributed by atoms with Crippen molar-refractivity contribution in [1.82, 2.24) is 0 Å². The van der Waals surface area contributed by atoms with Crippen LogP contribution >= 0.6 is 27.5 Å². The zero-order valence-corrected chi connectivity index (χ0v) is 16.9. The molecular weight excluding hydrogens is 428 g/mol. The molecule has 8 heteroatoms. The van der Waals surface area contributed by atoms with E-state index in [0.29, 0.717) is 27.3 Å². The van der Waals surface area contributed by atoms with Gasteiger partial charge in [-0.2, -0.15) is 0 Å². The van der Waals surface area contributed by atoms with Gasteiger partial charge in [-0.15, -0.1) is 0 Å². The van der Waals surface area contributed by atoms with Gasteiger partial charge in [-0.25, -0.2) is 8.42 Å². The summed E-state index contributed by atoms with van der Waals surface area (Å²) in [5.74, 6) is -0.417. The number of rotatable bonds is 6. The van der Waals surface area contributed by atoms with Crippen molar-refractivity contribution >= 4 is 54.8 Å². The first-order valence-electron chi connectivity index (χ1n) is 7.54. The number of nitrogens with zero attached hydrogens (tertiary/aromatic N) is 1. The van der Waals surface area contributed by atoms with Gasteiger partial charge < -0.3 is 5.32 Å². The average molecular weight is 446 g/mol. The Kier molecular flexibility index (Phi) is 6.48. The van der Waals surface area contributed by atoms with Gasteiger partial charge in [-0.05, 0) is 52.7 Å². The van der Waals surface area contributed by atoms with Crippen LogP contribution in [0.5, 0.6) is 0 Å². The van der Waals surface area contributed by atoms with Gasteiger partial charge in [0.05, 0.1) is 17.6 Å². The van der Waals surface area contributed by atoms with Crippen LogP contribution in [0.25, 0.3) is 0 Å². The molecule has 1 amide bonds. The van der Waals surface area contributed by atoms with Crippen LogP contribution in [0.4, 0.5) is 11.4 Å². The van der Waals surface area contributed by atoms with E-state index in [9.17, 15) is 13.2 Å². The number of para-hydroxylation sites is 1. The number of carbonyl (C=O) groups is 1. The third-order valence-electron chi connectivity index (χ3n) is 3.52. The Morgan fingerprint density at radius 1 is 1.24 bits per heavy atom. The zero-order chi connectivity index (χ0) is 18.6. The minimum atomic E-state index is -3.69. The summed E-state index contributed by atoms with van der Waals surface area (Å²) in [6, 6.07) is 12.7. The van der Waals surface area contributed by atoms with E-state index in [0.717, 1.165) is 10.6 Å². The Balaban J connectivity index is 2.40. The molecule has 25 heavy (non-hydrogen) atoms. The van der Waals surface area contributed by atoms with Crippen LogP contribution < -0.4 is 9.62 Å². The highest BCUT2D eigenvalue weighted by molar-refractivity contribution is 9.10. The van der Waals surface area contributed by atoms with E-state index in [2.05, 4.69) is 21.2 Å². The molecule has 1 N–H and O–H groups in total. The fourth-order valence-corrected chi connectivity index (χ4v) is 4.22. The van der Waals surface area contributed by atoms with E-state index >= 15 is 0 Å². The number of amides is 1. The van der Waals surface area contributed by atoms with E-state index < -0.39 is 22.0 Å². The Hall–Kier alpha value is -1.57. The van der Waals surface area contributed by atoms with Crippen molar-refractivity contribution in [2.24, 2.45) is 0 Å².